The Labute approximate surface area is 152 Å². The predicted octanol–water partition coefficient (Wildman–Crippen LogP) is 2.46. The molecule has 1 amide bonds. The molecule has 0 aliphatic carbocycles. The van der Waals surface area contributed by atoms with Gasteiger partial charge in [0.05, 0.1) is 22.5 Å². The number of rotatable bonds is 6. The van der Waals surface area contributed by atoms with Crippen LogP contribution in [0.2, 0.25) is 0 Å². The maximum Gasteiger partial charge on any atom is 0.241 e. The van der Waals surface area contributed by atoms with Crippen LogP contribution in [0, 0.1) is 0 Å². The van der Waals surface area contributed by atoms with E-state index in [9.17, 15) is 13.2 Å². The summed E-state index contributed by atoms with van der Waals surface area (Å²) in [5, 5.41) is 0.859. The highest BCUT2D eigenvalue weighted by molar-refractivity contribution is 7.89. The molecule has 1 fully saturated rings. The number of sulfonamides is 1. The molecule has 1 aliphatic heterocycles. The van der Waals surface area contributed by atoms with E-state index in [4.69, 9.17) is 0 Å². The molecule has 0 saturated carbocycles. The lowest BCUT2D eigenvalue weighted by Gasteiger charge is -2.27. The second-order valence-electron chi connectivity index (χ2n) is 6.35. The molecule has 25 heavy (non-hydrogen) atoms. The van der Waals surface area contributed by atoms with Crippen LogP contribution in [0.1, 0.15) is 31.2 Å². The molecule has 8 heteroatoms. The normalized spacial score (nSPS) is 18.7. The van der Waals surface area contributed by atoms with Gasteiger partial charge in [-0.05, 0) is 31.4 Å². The lowest BCUT2D eigenvalue weighted by atomic mass is 10.2. The van der Waals surface area contributed by atoms with E-state index in [1.54, 1.807) is 23.3 Å². The Balaban J connectivity index is 1.73. The number of fused-ring (bicyclic) bond motifs is 1. The Kier molecular flexibility index (Phi) is 5.41. The maximum absolute atomic E-state index is 12.8. The van der Waals surface area contributed by atoms with Gasteiger partial charge in [0.25, 0.3) is 0 Å². The smallest absolute Gasteiger partial charge is 0.241 e. The molecule has 136 valence electrons. The van der Waals surface area contributed by atoms with Crippen molar-refractivity contribution in [3.05, 3.63) is 29.3 Å². The number of hydrogen-bond acceptors (Lipinski definition) is 5. The van der Waals surface area contributed by atoms with Crippen LogP contribution in [0.4, 0.5) is 0 Å². The summed E-state index contributed by atoms with van der Waals surface area (Å²) in [6.45, 7) is 2.67. The van der Waals surface area contributed by atoms with Gasteiger partial charge in [-0.3, -0.25) is 4.79 Å². The predicted molar refractivity (Wildman–Crippen MR) is 99.9 cm³/mol. The Hall–Kier alpha value is -1.51. The molecule has 1 atom stereocenters. The van der Waals surface area contributed by atoms with Gasteiger partial charge in [-0.25, -0.2) is 13.4 Å². The van der Waals surface area contributed by atoms with Gasteiger partial charge in [0.15, 0.2) is 0 Å². The quantitative estimate of drug-likeness (QED) is 0.771. The third-order valence-electron chi connectivity index (χ3n) is 4.39. The average molecular weight is 382 g/mol. The Morgan fingerprint density at radius 3 is 2.88 bits per heavy atom. The number of carbonyl (C=O) groups is 1. The number of para-hydroxylation sites is 1. The zero-order valence-electron chi connectivity index (χ0n) is 14.5. The van der Waals surface area contributed by atoms with Crippen LogP contribution in [-0.4, -0.2) is 53.9 Å². The summed E-state index contributed by atoms with van der Waals surface area (Å²) in [5.41, 5.74) is 0.927. The third kappa shape index (κ3) is 3.86. The lowest BCUT2D eigenvalue weighted by molar-refractivity contribution is -0.133. The minimum atomic E-state index is -3.36. The molecule has 0 N–H and O–H groups in total. The van der Waals surface area contributed by atoms with E-state index in [0.29, 0.717) is 25.9 Å². The number of thiazole rings is 1. The highest BCUT2D eigenvalue weighted by Crippen LogP contribution is 2.26. The molecule has 0 bridgehead atoms. The number of hydrogen-bond donors (Lipinski definition) is 0. The topological polar surface area (TPSA) is 70.6 Å². The molecule has 3 rings (SSSR count). The minimum absolute atomic E-state index is 0.0956. The fraction of sp³-hybridized carbons (Fsp3) is 0.529. The third-order valence-corrected chi connectivity index (χ3v) is 7.49. The first-order chi connectivity index (χ1) is 11.9. The van der Waals surface area contributed by atoms with Crippen molar-refractivity contribution in [1.82, 2.24) is 14.2 Å². The lowest BCUT2D eigenvalue weighted by Crippen LogP contribution is -2.46. The van der Waals surface area contributed by atoms with Gasteiger partial charge >= 0.3 is 0 Å². The van der Waals surface area contributed by atoms with Crippen LogP contribution in [-0.2, 0) is 21.4 Å². The van der Waals surface area contributed by atoms with Crippen molar-refractivity contribution in [2.45, 2.75) is 38.8 Å². The van der Waals surface area contributed by atoms with Crippen LogP contribution < -0.4 is 0 Å². The number of benzene rings is 1. The van der Waals surface area contributed by atoms with Crippen LogP contribution in [0.5, 0.6) is 0 Å². The van der Waals surface area contributed by atoms with Crippen molar-refractivity contribution in [2.75, 3.05) is 19.3 Å². The second-order valence-corrected chi connectivity index (χ2v) is 9.51. The van der Waals surface area contributed by atoms with Gasteiger partial charge < -0.3 is 4.90 Å². The van der Waals surface area contributed by atoms with Crippen molar-refractivity contribution >= 4 is 37.5 Å². The summed E-state index contributed by atoms with van der Waals surface area (Å²) in [7, 11) is -1.64. The summed E-state index contributed by atoms with van der Waals surface area (Å²) in [6.07, 6.45) is 1.88. The summed E-state index contributed by atoms with van der Waals surface area (Å²) in [6, 6.07) is 7.29. The molecule has 1 aliphatic rings. The highest BCUT2D eigenvalue weighted by Gasteiger charge is 2.39. The molecule has 1 aromatic carbocycles. The van der Waals surface area contributed by atoms with Crippen LogP contribution >= 0.6 is 11.3 Å². The number of likely N-dealkylation sites (N-methyl/N-ethyl adjacent to an activating group) is 1. The van der Waals surface area contributed by atoms with Gasteiger partial charge in [-0.1, -0.05) is 19.1 Å². The van der Waals surface area contributed by atoms with Gasteiger partial charge in [0, 0.05) is 13.6 Å². The van der Waals surface area contributed by atoms with Crippen molar-refractivity contribution in [3.63, 3.8) is 0 Å². The largest absolute Gasteiger partial charge is 0.338 e. The van der Waals surface area contributed by atoms with E-state index in [-0.39, 0.29) is 11.7 Å². The van der Waals surface area contributed by atoms with Crippen LogP contribution in [0.15, 0.2) is 24.3 Å². The molecule has 1 saturated heterocycles. The van der Waals surface area contributed by atoms with E-state index in [1.807, 2.05) is 31.2 Å². The first kappa shape index (κ1) is 18.3. The molecular weight excluding hydrogens is 358 g/mol. The van der Waals surface area contributed by atoms with Crippen LogP contribution in [0.3, 0.4) is 0 Å². The highest BCUT2D eigenvalue weighted by atomic mass is 32.2. The van der Waals surface area contributed by atoms with Gasteiger partial charge in [0.1, 0.15) is 11.0 Å². The van der Waals surface area contributed by atoms with E-state index in [1.165, 1.54) is 4.31 Å². The number of aromatic nitrogens is 1. The maximum atomic E-state index is 12.8. The fourth-order valence-corrected chi connectivity index (χ4v) is 5.98. The average Bonchev–Trinajstić information content (AvgIpc) is 3.20. The second kappa shape index (κ2) is 7.39. The van der Waals surface area contributed by atoms with Gasteiger partial charge in [0.2, 0.25) is 15.9 Å². The molecule has 2 heterocycles. The van der Waals surface area contributed by atoms with Gasteiger partial charge in [-0.15, -0.1) is 11.3 Å². The van der Waals surface area contributed by atoms with Crippen molar-refractivity contribution in [3.8, 4) is 0 Å². The molecule has 2 aromatic rings. The summed E-state index contributed by atoms with van der Waals surface area (Å²) in [5.74, 6) is -0.0466. The monoisotopic (exact) mass is 381 g/mol. The molecule has 0 radical (unpaired) electrons. The Morgan fingerprint density at radius 1 is 1.40 bits per heavy atom. The molecule has 1 unspecified atom stereocenters. The number of carbonyl (C=O) groups excluding carboxylic acids is 1. The van der Waals surface area contributed by atoms with Crippen LogP contribution in [0.25, 0.3) is 10.2 Å². The number of nitrogens with zero attached hydrogens (tertiary/aromatic N) is 3. The van der Waals surface area contributed by atoms with Crippen molar-refractivity contribution < 1.29 is 13.2 Å². The molecular formula is C17H23N3O3S2. The molecule has 0 spiro atoms. The Bertz CT molecular complexity index is 830. The van der Waals surface area contributed by atoms with E-state index >= 15 is 0 Å². The van der Waals surface area contributed by atoms with Crippen molar-refractivity contribution in [2.24, 2.45) is 0 Å². The summed E-state index contributed by atoms with van der Waals surface area (Å²) in [4.78, 5) is 19.0. The van der Waals surface area contributed by atoms with E-state index < -0.39 is 16.1 Å². The molecule has 6 nitrogen and oxygen atoms in total. The first-order valence-corrected chi connectivity index (χ1v) is 10.9. The SMILES string of the molecule is CCCS(=O)(=O)N1CCCC1C(=O)N(C)Cc1nc2ccccc2s1. The zero-order chi connectivity index (χ0) is 18.0. The minimum Gasteiger partial charge on any atom is -0.338 e. The van der Waals surface area contributed by atoms with E-state index in [0.717, 1.165) is 21.6 Å². The Morgan fingerprint density at radius 2 is 2.16 bits per heavy atom. The summed E-state index contributed by atoms with van der Waals surface area (Å²) >= 11 is 1.56. The standard InChI is InChI=1S/C17H23N3O3S2/c1-3-11-25(22,23)20-10-6-8-14(20)17(21)19(2)12-16-18-13-7-4-5-9-15(13)24-16/h4-5,7,9,14H,3,6,8,10-12H2,1-2H3. The van der Waals surface area contributed by atoms with E-state index in [2.05, 4.69) is 4.98 Å². The summed E-state index contributed by atoms with van der Waals surface area (Å²) < 4.78 is 27.3. The van der Waals surface area contributed by atoms with Gasteiger partial charge in [-0.2, -0.15) is 4.31 Å². The zero-order valence-corrected chi connectivity index (χ0v) is 16.1. The number of amides is 1. The first-order valence-electron chi connectivity index (χ1n) is 8.51. The van der Waals surface area contributed by atoms with Crippen molar-refractivity contribution in [1.29, 1.82) is 0 Å². The fourth-order valence-electron chi connectivity index (χ4n) is 3.22. The molecule has 1 aromatic heterocycles.